The molecule has 1 aromatic heterocycles. The second-order valence-corrected chi connectivity index (χ2v) is 6.66. The van der Waals surface area contributed by atoms with Gasteiger partial charge in [-0.15, -0.1) is 0 Å². The van der Waals surface area contributed by atoms with E-state index in [1.54, 1.807) is 43.5 Å². The number of nitrogens with one attached hydrogen (secondary N) is 2. The standard InChI is InChI=1S/C22H26FN5O/c1-16-4-5-17(13-21(16)29-3)8-9-26-22(24-2)27-14-18-6-7-20(19(23)12-18)28-11-10-25-15-28/h4-7,10-13,15H,8-9,14H2,1-3H3,(H2,24,26,27). The quantitative estimate of drug-likeness (QED) is 0.476. The first-order valence-electron chi connectivity index (χ1n) is 9.45. The number of guanidine groups is 1. The first kappa shape index (κ1) is 20.4. The van der Waals surface area contributed by atoms with Crippen molar-refractivity contribution >= 4 is 5.96 Å². The molecule has 152 valence electrons. The van der Waals surface area contributed by atoms with Crippen LogP contribution in [-0.2, 0) is 13.0 Å². The molecule has 0 radical (unpaired) electrons. The maximum absolute atomic E-state index is 14.4. The van der Waals surface area contributed by atoms with Gasteiger partial charge in [-0.3, -0.25) is 4.99 Å². The Morgan fingerprint density at radius 2 is 2.00 bits per heavy atom. The molecule has 29 heavy (non-hydrogen) atoms. The monoisotopic (exact) mass is 395 g/mol. The number of halogens is 1. The lowest BCUT2D eigenvalue weighted by Crippen LogP contribution is -2.37. The smallest absolute Gasteiger partial charge is 0.191 e. The molecule has 6 nitrogen and oxygen atoms in total. The van der Waals surface area contributed by atoms with Gasteiger partial charge in [0.05, 0.1) is 19.1 Å². The Balaban J connectivity index is 1.51. The third-order valence-corrected chi connectivity index (χ3v) is 4.66. The lowest BCUT2D eigenvalue weighted by atomic mass is 10.1. The largest absolute Gasteiger partial charge is 0.496 e. The van der Waals surface area contributed by atoms with Crippen LogP contribution in [0.15, 0.2) is 60.1 Å². The molecule has 0 atom stereocenters. The van der Waals surface area contributed by atoms with Crippen molar-refractivity contribution in [2.45, 2.75) is 19.9 Å². The van der Waals surface area contributed by atoms with Crippen molar-refractivity contribution in [1.82, 2.24) is 20.2 Å². The number of benzene rings is 2. The summed E-state index contributed by atoms with van der Waals surface area (Å²) in [7, 11) is 3.40. The van der Waals surface area contributed by atoms with Crippen LogP contribution in [0.25, 0.3) is 5.69 Å². The SMILES string of the molecule is CN=C(NCCc1ccc(C)c(OC)c1)NCc1ccc(-n2ccnc2)c(F)c1. The Morgan fingerprint density at radius 3 is 2.69 bits per heavy atom. The first-order chi connectivity index (χ1) is 14.1. The fraction of sp³-hybridized carbons (Fsp3) is 0.273. The molecular weight excluding hydrogens is 369 g/mol. The molecule has 0 unspecified atom stereocenters. The molecule has 7 heteroatoms. The van der Waals surface area contributed by atoms with Crippen LogP contribution in [0.4, 0.5) is 4.39 Å². The van der Waals surface area contributed by atoms with Crippen molar-refractivity contribution in [3.8, 4) is 11.4 Å². The predicted octanol–water partition coefficient (Wildman–Crippen LogP) is 3.24. The van der Waals surface area contributed by atoms with Crippen molar-refractivity contribution in [3.63, 3.8) is 0 Å². The molecule has 2 N–H and O–H groups in total. The molecule has 0 aliphatic carbocycles. The van der Waals surface area contributed by atoms with E-state index in [2.05, 4.69) is 38.8 Å². The average molecular weight is 395 g/mol. The maximum atomic E-state index is 14.4. The van der Waals surface area contributed by atoms with Crippen LogP contribution in [0.2, 0.25) is 0 Å². The Labute approximate surface area is 170 Å². The highest BCUT2D eigenvalue weighted by Gasteiger charge is 2.06. The average Bonchev–Trinajstić information content (AvgIpc) is 3.26. The molecule has 0 amide bonds. The number of aliphatic imine (C=N–C) groups is 1. The van der Waals surface area contributed by atoms with E-state index in [0.29, 0.717) is 18.2 Å². The van der Waals surface area contributed by atoms with E-state index in [-0.39, 0.29) is 5.82 Å². The predicted molar refractivity (Wildman–Crippen MR) is 113 cm³/mol. The Hall–Kier alpha value is -3.35. The summed E-state index contributed by atoms with van der Waals surface area (Å²) in [6, 6.07) is 11.4. The molecule has 3 rings (SSSR count). The van der Waals surface area contributed by atoms with Crippen molar-refractivity contribution in [2.24, 2.45) is 4.99 Å². The highest BCUT2D eigenvalue weighted by atomic mass is 19.1. The van der Waals surface area contributed by atoms with Gasteiger partial charge in [0.15, 0.2) is 5.96 Å². The summed E-state index contributed by atoms with van der Waals surface area (Å²) < 4.78 is 21.4. The molecule has 1 heterocycles. The van der Waals surface area contributed by atoms with Gasteiger partial charge in [-0.05, 0) is 48.2 Å². The fourth-order valence-electron chi connectivity index (χ4n) is 3.02. The maximum Gasteiger partial charge on any atom is 0.191 e. The number of aromatic nitrogens is 2. The van der Waals surface area contributed by atoms with Gasteiger partial charge in [0, 0.05) is 32.5 Å². The molecule has 0 spiro atoms. The van der Waals surface area contributed by atoms with Crippen LogP contribution in [0.5, 0.6) is 5.75 Å². The summed E-state index contributed by atoms with van der Waals surface area (Å²) in [6.45, 7) is 3.22. The Kier molecular flexibility index (Phi) is 6.84. The number of rotatable bonds is 7. The number of hydrogen-bond donors (Lipinski definition) is 2. The Bertz CT molecular complexity index is 969. The minimum Gasteiger partial charge on any atom is -0.496 e. The lowest BCUT2D eigenvalue weighted by molar-refractivity contribution is 0.411. The summed E-state index contributed by atoms with van der Waals surface area (Å²) >= 11 is 0. The second kappa shape index (κ2) is 9.73. The van der Waals surface area contributed by atoms with Crippen LogP contribution < -0.4 is 15.4 Å². The van der Waals surface area contributed by atoms with Crippen molar-refractivity contribution in [3.05, 3.63) is 77.6 Å². The van der Waals surface area contributed by atoms with E-state index < -0.39 is 0 Å². The van der Waals surface area contributed by atoms with E-state index in [0.717, 1.165) is 29.8 Å². The second-order valence-electron chi connectivity index (χ2n) is 6.66. The first-order valence-corrected chi connectivity index (χ1v) is 9.45. The molecule has 3 aromatic rings. The minimum atomic E-state index is -0.293. The zero-order valence-electron chi connectivity index (χ0n) is 16.9. The van der Waals surface area contributed by atoms with Gasteiger partial charge < -0.3 is 19.9 Å². The van der Waals surface area contributed by atoms with Gasteiger partial charge in [-0.2, -0.15) is 0 Å². The summed E-state index contributed by atoms with van der Waals surface area (Å²) in [6.07, 6.45) is 5.75. The van der Waals surface area contributed by atoms with Crippen LogP contribution in [-0.4, -0.2) is 36.2 Å². The van der Waals surface area contributed by atoms with E-state index in [1.165, 1.54) is 11.6 Å². The van der Waals surface area contributed by atoms with Gasteiger partial charge in [0.25, 0.3) is 0 Å². The number of aryl methyl sites for hydroxylation is 1. The molecular formula is C22H26FN5O. The van der Waals surface area contributed by atoms with Gasteiger partial charge in [-0.1, -0.05) is 18.2 Å². The van der Waals surface area contributed by atoms with E-state index in [1.807, 2.05) is 13.0 Å². The highest BCUT2D eigenvalue weighted by molar-refractivity contribution is 5.79. The molecule has 2 aromatic carbocycles. The zero-order valence-corrected chi connectivity index (χ0v) is 16.9. The zero-order chi connectivity index (χ0) is 20.6. The van der Waals surface area contributed by atoms with Crippen LogP contribution >= 0.6 is 0 Å². The highest BCUT2D eigenvalue weighted by Crippen LogP contribution is 2.19. The molecule has 0 saturated carbocycles. The van der Waals surface area contributed by atoms with E-state index in [9.17, 15) is 4.39 Å². The van der Waals surface area contributed by atoms with Crippen molar-refractivity contribution in [2.75, 3.05) is 20.7 Å². The molecule has 0 fully saturated rings. The van der Waals surface area contributed by atoms with Crippen LogP contribution in [0, 0.1) is 12.7 Å². The summed E-state index contributed by atoms with van der Waals surface area (Å²) in [4.78, 5) is 8.18. The van der Waals surface area contributed by atoms with Crippen molar-refractivity contribution < 1.29 is 9.13 Å². The summed E-state index contributed by atoms with van der Waals surface area (Å²) in [5.41, 5.74) is 3.61. The van der Waals surface area contributed by atoms with E-state index in [4.69, 9.17) is 4.74 Å². The summed E-state index contributed by atoms with van der Waals surface area (Å²) in [5, 5.41) is 6.49. The number of hydrogen-bond acceptors (Lipinski definition) is 3. The van der Waals surface area contributed by atoms with Crippen LogP contribution in [0.1, 0.15) is 16.7 Å². The number of ether oxygens (including phenoxy) is 1. The molecule has 0 aliphatic heterocycles. The Morgan fingerprint density at radius 1 is 1.17 bits per heavy atom. The van der Waals surface area contributed by atoms with Gasteiger partial charge in [-0.25, -0.2) is 9.37 Å². The normalized spacial score (nSPS) is 11.4. The van der Waals surface area contributed by atoms with Crippen LogP contribution in [0.3, 0.4) is 0 Å². The molecule has 0 bridgehead atoms. The van der Waals surface area contributed by atoms with Gasteiger partial charge >= 0.3 is 0 Å². The topological polar surface area (TPSA) is 63.5 Å². The lowest BCUT2D eigenvalue weighted by Gasteiger charge is -2.13. The van der Waals surface area contributed by atoms with Gasteiger partial charge in [0.1, 0.15) is 11.6 Å². The number of methoxy groups -OCH3 is 1. The number of nitrogens with zero attached hydrogens (tertiary/aromatic N) is 3. The molecule has 0 aliphatic rings. The third kappa shape index (κ3) is 5.34. The van der Waals surface area contributed by atoms with Crippen molar-refractivity contribution in [1.29, 1.82) is 0 Å². The number of imidazole rings is 1. The minimum absolute atomic E-state index is 0.293. The molecule has 0 saturated heterocycles. The summed E-state index contributed by atoms with van der Waals surface area (Å²) in [5.74, 6) is 1.27. The van der Waals surface area contributed by atoms with Gasteiger partial charge in [0.2, 0.25) is 0 Å². The van der Waals surface area contributed by atoms with E-state index >= 15 is 0 Å². The fourth-order valence-corrected chi connectivity index (χ4v) is 3.02. The third-order valence-electron chi connectivity index (χ3n) is 4.66.